The van der Waals surface area contributed by atoms with Gasteiger partial charge in [0.05, 0.1) is 18.4 Å². The van der Waals surface area contributed by atoms with Crippen LogP contribution in [-0.4, -0.2) is 17.1 Å². The first-order valence-electron chi connectivity index (χ1n) is 7.69. The quantitative estimate of drug-likeness (QED) is 0.853. The molecule has 0 atom stereocenters. The number of aromatic nitrogens is 1. The van der Waals surface area contributed by atoms with Gasteiger partial charge in [-0.1, -0.05) is 25.3 Å². The van der Waals surface area contributed by atoms with E-state index in [-0.39, 0.29) is 0 Å². The lowest BCUT2D eigenvalue weighted by Gasteiger charge is -2.21. The minimum Gasteiger partial charge on any atom is -0.372 e. The van der Waals surface area contributed by atoms with Gasteiger partial charge in [0.15, 0.2) is 0 Å². The van der Waals surface area contributed by atoms with Crippen LogP contribution < -0.4 is 5.32 Å². The third-order valence-electron chi connectivity index (χ3n) is 4.08. The van der Waals surface area contributed by atoms with Crippen LogP contribution in [0.15, 0.2) is 18.3 Å². The topological polar surface area (TPSA) is 34.1 Å². The fourth-order valence-corrected chi connectivity index (χ4v) is 2.63. The van der Waals surface area contributed by atoms with E-state index in [1.54, 1.807) is 0 Å². The van der Waals surface area contributed by atoms with E-state index in [4.69, 9.17) is 4.74 Å². The van der Waals surface area contributed by atoms with Gasteiger partial charge in [0, 0.05) is 18.8 Å². The van der Waals surface area contributed by atoms with Crippen LogP contribution in [0.1, 0.15) is 56.2 Å². The van der Waals surface area contributed by atoms with Crippen molar-refractivity contribution in [3.63, 3.8) is 0 Å². The highest BCUT2D eigenvalue weighted by molar-refractivity contribution is 5.13. The van der Waals surface area contributed by atoms with Gasteiger partial charge in [-0.2, -0.15) is 0 Å². The smallest absolute Gasteiger partial charge is 0.0891 e. The first-order chi connectivity index (χ1) is 9.40. The molecule has 2 saturated carbocycles. The average Bonchev–Trinajstić information content (AvgIpc) is 3.29. The van der Waals surface area contributed by atoms with E-state index in [0.717, 1.165) is 18.3 Å². The van der Waals surface area contributed by atoms with Gasteiger partial charge in [-0.3, -0.25) is 4.98 Å². The minimum absolute atomic E-state index is 0.465. The van der Waals surface area contributed by atoms with Gasteiger partial charge < -0.3 is 10.1 Å². The summed E-state index contributed by atoms with van der Waals surface area (Å²) in [6.07, 6.45) is 11.6. The lowest BCUT2D eigenvalue weighted by Crippen LogP contribution is -2.17. The lowest BCUT2D eigenvalue weighted by molar-refractivity contribution is 0.0152. The Bertz CT molecular complexity index is 380. The number of nitrogens with one attached hydrogen (secondary N) is 1. The van der Waals surface area contributed by atoms with Crippen LogP contribution in [0.4, 0.5) is 0 Å². The third-order valence-corrected chi connectivity index (χ3v) is 4.08. The second kappa shape index (κ2) is 6.49. The van der Waals surface area contributed by atoms with E-state index < -0.39 is 0 Å². The summed E-state index contributed by atoms with van der Waals surface area (Å²) in [5, 5.41) is 3.50. The van der Waals surface area contributed by atoms with Crippen molar-refractivity contribution in [2.24, 2.45) is 0 Å². The Morgan fingerprint density at radius 2 is 1.95 bits per heavy atom. The highest BCUT2D eigenvalue weighted by atomic mass is 16.5. The zero-order chi connectivity index (χ0) is 12.9. The van der Waals surface area contributed by atoms with Crippen molar-refractivity contribution < 1.29 is 4.74 Å². The number of nitrogens with zero attached hydrogens (tertiary/aromatic N) is 1. The number of pyridine rings is 1. The summed E-state index contributed by atoms with van der Waals surface area (Å²) >= 11 is 0. The first-order valence-corrected chi connectivity index (χ1v) is 7.69. The van der Waals surface area contributed by atoms with Gasteiger partial charge in [-0.25, -0.2) is 0 Å². The van der Waals surface area contributed by atoms with E-state index in [1.807, 2.05) is 6.20 Å². The first kappa shape index (κ1) is 13.1. The summed E-state index contributed by atoms with van der Waals surface area (Å²) in [5.41, 5.74) is 2.33. The van der Waals surface area contributed by atoms with Crippen molar-refractivity contribution in [3.8, 4) is 0 Å². The zero-order valence-corrected chi connectivity index (χ0v) is 11.6. The molecule has 3 heteroatoms. The Labute approximate surface area is 115 Å². The maximum absolute atomic E-state index is 5.94. The summed E-state index contributed by atoms with van der Waals surface area (Å²) in [4.78, 5) is 4.50. The monoisotopic (exact) mass is 260 g/mol. The number of rotatable bonds is 6. The molecule has 1 N–H and O–H groups in total. The minimum atomic E-state index is 0.465. The van der Waals surface area contributed by atoms with Crippen LogP contribution >= 0.6 is 0 Å². The van der Waals surface area contributed by atoms with Crippen LogP contribution in [0.25, 0.3) is 0 Å². The molecule has 1 heterocycles. The molecule has 0 aromatic carbocycles. The molecular weight excluding hydrogens is 236 g/mol. The highest BCUT2D eigenvalue weighted by Gasteiger charge is 2.19. The molecule has 0 aliphatic heterocycles. The van der Waals surface area contributed by atoms with Gasteiger partial charge >= 0.3 is 0 Å². The van der Waals surface area contributed by atoms with Gasteiger partial charge in [-0.05, 0) is 37.3 Å². The Hall–Kier alpha value is -0.930. The van der Waals surface area contributed by atoms with Crippen molar-refractivity contribution in [3.05, 3.63) is 29.6 Å². The van der Waals surface area contributed by atoms with E-state index >= 15 is 0 Å². The van der Waals surface area contributed by atoms with Gasteiger partial charge in [0.25, 0.3) is 0 Å². The third kappa shape index (κ3) is 4.29. The molecule has 1 aromatic heterocycles. The fraction of sp³-hybridized carbons (Fsp3) is 0.688. The van der Waals surface area contributed by atoms with Crippen LogP contribution in [0.2, 0.25) is 0 Å². The van der Waals surface area contributed by atoms with Gasteiger partial charge in [0.1, 0.15) is 0 Å². The maximum atomic E-state index is 5.94. The van der Waals surface area contributed by atoms with Crippen LogP contribution in [0, 0.1) is 0 Å². The Morgan fingerprint density at radius 3 is 2.63 bits per heavy atom. The molecule has 0 bridgehead atoms. The molecule has 0 saturated heterocycles. The van der Waals surface area contributed by atoms with E-state index in [9.17, 15) is 0 Å². The molecule has 0 unspecified atom stereocenters. The van der Waals surface area contributed by atoms with Crippen molar-refractivity contribution in [1.29, 1.82) is 0 Å². The van der Waals surface area contributed by atoms with Crippen molar-refractivity contribution in [1.82, 2.24) is 10.3 Å². The lowest BCUT2D eigenvalue weighted by atomic mass is 9.98. The Balaban J connectivity index is 1.42. The normalized spacial score (nSPS) is 20.6. The summed E-state index contributed by atoms with van der Waals surface area (Å²) in [6, 6.07) is 5.03. The van der Waals surface area contributed by atoms with Crippen molar-refractivity contribution in [2.45, 2.75) is 70.2 Å². The fourth-order valence-electron chi connectivity index (χ4n) is 2.63. The Kier molecular flexibility index (Phi) is 4.46. The van der Waals surface area contributed by atoms with Crippen LogP contribution in [0.5, 0.6) is 0 Å². The molecular formula is C16H24N2O. The second-order valence-electron chi connectivity index (χ2n) is 5.88. The number of hydrogen-bond acceptors (Lipinski definition) is 3. The molecule has 2 fully saturated rings. The predicted octanol–water partition coefficient (Wildman–Crippen LogP) is 3.18. The molecule has 2 aliphatic rings. The standard InChI is InChI=1S/C16H24N2O/c1-2-4-16(5-3-1)19-12-15-7-6-13(11-18-15)10-17-14-8-9-14/h6-7,11,14,16-17H,1-5,8-10,12H2. The molecule has 3 nitrogen and oxygen atoms in total. The molecule has 3 rings (SSSR count). The van der Waals surface area contributed by atoms with Crippen molar-refractivity contribution >= 4 is 0 Å². The zero-order valence-electron chi connectivity index (χ0n) is 11.6. The predicted molar refractivity (Wildman–Crippen MR) is 75.8 cm³/mol. The largest absolute Gasteiger partial charge is 0.372 e. The second-order valence-corrected chi connectivity index (χ2v) is 5.88. The van der Waals surface area contributed by atoms with E-state index in [1.165, 1.54) is 50.5 Å². The molecule has 19 heavy (non-hydrogen) atoms. The summed E-state index contributed by atoms with van der Waals surface area (Å²) in [7, 11) is 0. The summed E-state index contributed by atoms with van der Waals surface area (Å²) in [5.74, 6) is 0. The van der Waals surface area contributed by atoms with Crippen LogP contribution in [-0.2, 0) is 17.9 Å². The van der Waals surface area contributed by atoms with E-state index in [0.29, 0.717) is 12.7 Å². The van der Waals surface area contributed by atoms with Gasteiger partial charge in [0.2, 0.25) is 0 Å². The molecule has 0 spiro atoms. The average molecular weight is 260 g/mol. The SMILES string of the molecule is c1cc(COC2CCCCC2)ncc1CNC1CC1. The molecule has 0 amide bonds. The van der Waals surface area contributed by atoms with Crippen LogP contribution in [0.3, 0.4) is 0 Å². The summed E-state index contributed by atoms with van der Waals surface area (Å²) < 4.78 is 5.94. The van der Waals surface area contributed by atoms with E-state index in [2.05, 4.69) is 22.4 Å². The molecule has 104 valence electrons. The van der Waals surface area contributed by atoms with Gasteiger partial charge in [-0.15, -0.1) is 0 Å². The molecule has 2 aliphatic carbocycles. The Morgan fingerprint density at radius 1 is 1.11 bits per heavy atom. The summed E-state index contributed by atoms with van der Waals surface area (Å²) in [6.45, 7) is 1.61. The number of hydrogen-bond donors (Lipinski definition) is 1. The van der Waals surface area contributed by atoms with Crippen molar-refractivity contribution in [2.75, 3.05) is 0 Å². The molecule has 0 radical (unpaired) electrons. The number of ether oxygens (including phenoxy) is 1. The highest BCUT2D eigenvalue weighted by Crippen LogP contribution is 2.21. The maximum Gasteiger partial charge on any atom is 0.0891 e. The molecule has 1 aromatic rings.